The van der Waals surface area contributed by atoms with E-state index in [4.69, 9.17) is 12.2 Å². The highest BCUT2D eigenvalue weighted by atomic mass is 79.9. The number of hydrogen-bond acceptors (Lipinski definition) is 3. The molecule has 0 aliphatic carbocycles. The predicted octanol–water partition coefficient (Wildman–Crippen LogP) is 3.86. The third kappa shape index (κ3) is 4.11. The molecule has 0 aliphatic heterocycles. The molecule has 6 heteroatoms. The molecule has 2 N–H and O–H groups in total. The quantitative estimate of drug-likeness (QED) is 0.650. The number of Topliss-reactive ketones (excluding diaryl/α,β-unsaturated/α-hetero) is 1. The summed E-state index contributed by atoms with van der Waals surface area (Å²) in [6.07, 6.45) is 1.68. The largest absolute Gasteiger partial charge is 0.332 e. The van der Waals surface area contributed by atoms with E-state index < -0.39 is 0 Å². The van der Waals surface area contributed by atoms with Crippen LogP contribution in [0.4, 0.5) is 11.5 Å². The minimum absolute atomic E-state index is 0.0158. The van der Waals surface area contributed by atoms with Crippen molar-refractivity contribution in [2.75, 3.05) is 10.6 Å². The van der Waals surface area contributed by atoms with Crippen LogP contribution in [0.15, 0.2) is 47.1 Å². The fraction of sp³-hybridized carbons (Fsp3) is 0.0714. The zero-order valence-corrected chi connectivity index (χ0v) is 13.1. The smallest absolute Gasteiger partial charge is 0.176 e. The summed E-state index contributed by atoms with van der Waals surface area (Å²) >= 11 is 8.52. The summed E-state index contributed by atoms with van der Waals surface area (Å²) in [4.78, 5) is 15.5. The summed E-state index contributed by atoms with van der Waals surface area (Å²) in [6.45, 7) is 1.53. The Labute approximate surface area is 130 Å². The van der Waals surface area contributed by atoms with Gasteiger partial charge in [0.2, 0.25) is 0 Å². The highest BCUT2D eigenvalue weighted by Gasteiger charge is 2.03. The van der Waals surface area contributed by atoms with Crippen molar-refractivity contribution in [2.45, 2.75) is 6.92 Å². The Morgan fingerprint density at radius 2 is 2.05 bits per heavy atom. The van der Waals surface area contributed by atoms with E-state index in [0.29, 0.717) is 16.5 Å². The lowest BCUT2D eigenvalue weighted by molar-refractivity contribution is 0.101. The number of hydrogen-bond donors (Lipinski definition) is 2. The Morgan fingerprint density at radius 3 is 2.70 bits per heavy atom. The van der Waals surface area contributed by atoms with E-state index in [1.54, 1.807) is 24.4 Å². The van der Waals surface area contributed by atoms with Crippen molar-refractivity contribution in [3.63, 3.8) is 0 Å². The van der Waals surface area contributed by atoms with Crippen molar-refractivity contribution in [1.82, 2.24) is 4.98 Å². The van der Waals surface area contributed by atoms with E-state index in [1.807, 2.05) is 18.2 Å². The van der Waals surface area contributed by atoms with Crippen molar-refractivity contribution in [3.8, 4) is 0 Å². The van der Waals surface area contributed by atoms with Gasteiger partial charge in [-0.3, -0.25) is 4.79 Å². The number of carbonyl (C=O) groups excluding carboxylic acids is 1. The minimum Gasteiger partial charge on any atom is -0.332 e. The number of nitrogens with zero attached hydrogens (tertiary/aromatic N) is 1. The fourth-order valence-corrected chi connectivity index (χ4v) is 2.00. The summed E-state index contributed by atoms with van der Waals surface area (Å²) in [5.74, 6) is 0.663. The molecular formula is C14H12BrN3OS. The number of rotatable bonds is 3. The summed E-state index contributed by atoms with van der Waals surface area (Å²) in [7, 11) is 0. The van der Waals surface area contributed by atoms with Crippen molar-refractivity contribution in [3.05, 3.63) is 52.6 Å². The first-order valence-electron chi connectivity index (χ1n) is 5.85. The van der Waals surface area contributed by atoms with Crippen LogP contribution in [-0.4, -0.2) is 15.9 Å². The molecular weight excluding hydrogens is 338 g/mol. The highest BCUT2D eigenvalue weighted by Crippen LogP contribution is 2.13. The Balaban J connectivity index is 2.02. The Morgan fingerprint density at radius 1 is 1.25 bits per heavy atom. The molecule has 0 aliphatic rings. The predicted molar refractivity (Wildman–Crippen MR) is 88.2 cm³/mol. The van der Waals surface area contributed by atoms with Crippen LogP contribution < -0.4 is 10.6 Å². The normalized spacial score (nSPS) is 9.90. The molecule has 2 rings (SSSR count). The Bertz CT molecular complexity index is 643. The second-order valence-electron chi connectivity index (χ2n) is 4.08. The minimum atomic E-state index is 0.0158. The van der Waals surface area contributed by atoms with Gasteiger partial charge in [0.25, 0.3) is 0 Å². The molecule has 0 bridgehead atoms. The first-order valence-corrected chi connectivity index (χ1v) is 7.05. The number of aromatic nitrogens is 1. The van der Waals surface area contributed by atoms with Gasteiger partial charge >= 0.3 is 0 Å². The molecule has 1 aromatic carbocycles. The van der Waals surface area contributed by atoms with E-state index >= 15 is 0 Å². The van der Waals surface area contributed by atoms with Crippen LogP contribution in [-0.2, 0) is 0 Å². The molecule has 4 nitrogen and oxygen atoms in total. The number of carbonyl (C=O) groups is 1. The van der Waals surface area contributed by atoms with Crippen LogP contribution >= 0.6 is 28.1 Å². The number of benzene rings is 1. The lowest BCUT2D eigenvalue weighted by Gasteiger charge is -2.10. The Hall–Kier alpha value is -1.79. The maximum Gasteiger partial charge on any atom is 0.176 e. The van der Waals surface area contributed by atoms with Crippen LogP contribution in [0.3, 0.4) is 0 Å². The molecule has 102 valence electrons. The van der Waals surface area contributed by atoms with Gasteiger partial charge in [-0.15, -0.1) is 0 Å². The summed E-state index contributed by atoms with van der Waals surface area (Å²) < 4.78 is 0.899. The van der Waals surface area contributed by atoms with Crippen molar-refractivity contribution >= 4 is 50.5 Å². The van der Waals surface area contributed by atoms with Crippen LogP contribution in [0.5, 0.6) is 0 Å². The number of halogens is 1. The number of anilines is 2. The average molecular weight is 350 g/mol. The van der Waals surface area contributed by atoms with E-state index in [9.17, 15) is 4.79 Å². The van der Waals surface area contributed by atoms with Gasteiger partial charge in [-0.2, -0.15) is 0 Å². The van der Waals surface area contributed by atoms with Crippen LogP contribution in [0.2, 0.25) is 0 Å². The standard InChI is InChI=1S/C14H12BrN3OS/c1-9(19)10-3-2-4-12(7-10)17-14(20)18-13-6-5-11(15)8-16-13/h2-8H,1H3,(H2,16,17,18,20). The van der Waals surface area contributed by atoms with E-state index in [-0.39, 0.29) is 5.78 Å². The van der Waals surface area contributed by atoms with Crippen LogP contribution in [0.25, 0.3) is 0 Å². The molecule has 0 saturated heterocycles. The van der Waals surface area contributed by atoms with Gasteiger partial charge in [0.15, 0.2) is 10.9 Å². The lowest BCUT2D eigenvalue weighted by atomic mass is 10.1. The number of pyridine rings is 1. The maximum absolute atomic E-state index is 11.3. The first kappa shape index (κ1) is 14.6. The van der Waals surface area contributed by atoms with E-state index in [2.05, 4.69) is 31.5 Å². The number of thiocarbonyl (C=S) groups is 1. The monoisotopic (exact) mass is 349 g/mol. The van der Waals surface area contributed by atoms with E-state index in [0.717, 1.165) is 10.2 Å². The zero-order chi connectivity index (χ0) is 14.5. The second kappa shape index (κ2) is 6.58. The van der Waals surface area contributed by atoms with Gasteiger partial charge < -0.3 is 10.6 Å². The molecule has 0 amide bonds. The maximum atomic E-state index is 11.3. The van der Waals surface area contributed by atoms with Crippen molar-refractivity contribution in [1.29, 1.82) is 0 Å². The summed E-state index contributed by atoms with van der Waals surface area (Å²) in [5.41, 5.74) is 1.40. The molecule has 1 heterocycles. The van der Waals surface area contributed by atoms with Gasteiger partial charge in [0, 0.05) is 21.9 Å². The van der Waals surface area contributed by atoms with Gasteiger partial charge in [-0.25, -0.2) is 4.98 Å². The lowest BCUT2D eigenvalue weighted by Crippen LogP contribution is -2.19. The van der Waals surface area contributed by atoms with Gasteiger partial charge in [-0.05, 0) is 59.3 Å². The molecule has 0 saturated carbocycles. The third-order valence-electron chi connectivity index (χ3n) is 2.50. The molecule has 0 atom stereocenters. The summed E-state index contributed by atoms with van der Waals surface area (Å²) in [6, 6.07) is 10.8. The zero-order valence-electron chi connectivity index (χ0n) is 10.7. The molecule has 2 aromatic rings. The number of ketones is 1. The molecule has 20 heavy (non-hydrogen) atoms. The summed E-state index contributed by atoms with van der Waals surface area (Å²) in [5, 5.41) is 6.40. The Kier molecular flexibility index (Phi) is 4.81. The molecule has 0 radical (unpaired) electrons. The average Bonchev–Trinajstić information content (AvgIpc) is 2.41. The van der Waals surface area contributed by atoms with Gasteiger partial charge in [0.05, 0.1) is 0 Å². The van der Waals surface area contributed by atoms with E-state index in [1.165, 1.54) is 6.92 Å². The SMILES string of the molecule is CC(=O)c1cccc(NC(=S)Nc2ccc(Br)cn2)c1. The molecule has 0 fully saturated rings. The third-order valence-corrected chi connectivity index (χ3v) is 3.17. The van der Waals surface area contributed by atoms with Crippen molar-refractivity contribution < 1.29 is 4.79 Å². The number of nitrogens with one attached hydrogen (secondary N) is 2. The van der Waals surface area contributed by atoms with Gasteiger partial charge in [0.1, 0.15) is 5.82 Å². The highest BCUT2D eigenvalue weighted by molar-refractivity contribution is 9.10. The molecule has 0 spiro atoms. The second-order valence-corrected chi connectivity index (χ2v) is 5.40. The molecule has 0 unspecified atom stereocenters. The van der Waals surface area contributed by atoms with Crippen molar-refractivity contribution in [2.24, 2.45) is 0 Å². The van der Waals surface area contributed by atoms with Crippen LogP contribution in [0.1, 0.15) is 17.3 Å². The van der Waals surface area contributed by atoms with Gasteiger partial charge in [-0.1, -0.05) is 12.1 Å². The molecule has 1 aromatic heterocycles. The van der Waals surface area contributed by atoms with Crippen LogP contribution in [0, 0.1) is 0 Å². The first-order chi connectivity index (χ1) is 9.54. The fourth-order valence-electron chi connectivity index (χ4n) is 1.54. The topological polar surface area (TPSA) is 54.0 Å².